The molecule has 2 heterocycles. The van der Waals surface area contributed by atoms with Crippen molar-refractivity contribution in [2.24, 2.45) is 0 Å². The van der Waals surface area contributed by atoms with Crippen LogP contribution >= 0.6 is 11.6 Å². The summed E-state index contributed by atoms with van der Waals surface area (Å²) in [5.74, 6) is 1.32. The van der Waals surface area contributed by atoms with Gasteiger partial charge in [-0.05, 0) is 62.1 Å². The Morgan fingerprint density at radius 1 is 0.939 bits per heavy atom. The minimum atomic E-state index is -0.236. The number of ether oxygens (including phenoxy) is 2. The first-order chi connectivity index (χ1) is 16.1. The highest BCUT2D eigenvalue weighted by Crippen LogP contribution is 2.39. The molecule has 0 amide bonds. The zero-order valence-corrected chi connectivity index (χ0v) is 20.0. The van der Waals surface area contributed by atoms with Crippen LogP contribution in [-0.2, 0) is 11.3 Å². The summed E-state index contributed by atoms with van der Waals surface area (Å²) >= 11 is 6.19. The van der Waals surface area contributed by atoms with Crippen LogP contribution in [0.15, 0.2) is 78.9 Å². The van der Waals surface area contributed by atoms with Crippen LogP contribution in [-0.4, -0.2) is 36.2 Å². The fraction of sp³-hybridized carbons (Fsp3) is 0.379. The maximum atomic E-state index is 6.53. The summed E-state index contributed by atoms with van der Waals surface area (Å²) in [6, 6.07) is 27.6. The molecule has 2 aliphatic rings. The Labute approximate surface area is 202 Å². The molecule has 4 heteroatoms. The van der Waals surface area contributed by atoms with E-state index in [1.54, 1.807) is 0 Å². The molecule has 1 saturated heterocycles. The van der Waals surface area contributed by atoms with Crippen molar-refractivity contribution in [3.63, 3.8) is 0 Å². The smallest absolute Gasteiger partial charge is 0.125 e. The van der Waals surface area contributed by atoms with E-state index in [-0.39, 0.29) is 11.7 Å². The lowest BCUT2D eigenvalue weighted by Crippen LogP contribution is -2.53. The fourth-order valence-corrected chi connectivity index (χ4v) is 5.52. The van der Waals surface area contributed by atoms with Gasteiger partial charge in [-0.2, -0.15) is 0 Å². The van der Waals surface area contributed by atoms with Crippen molar-refractivity contribution < 1.29 is 9.47 Å². The number of fused-ring (bicyclic) bond motifs is 1. The minimum absolute atomic E-state index is 0.0171. The van der Waals surface area contributed by atoms with Gasteiger partial charge in [0, 0.05) is 29.6 Å². The zero-order chi connectivity index (χ0) is 22.7. The van der Waals surface area contributed by atoms with Crippen LogP contribution < -0.4 is 4.74 Å². The largest absolute Gasteiger partial charge is 0.487 e. The maximum Gasteiger partial charge on any atom is 0.125 e. The monoisotopic (exact) mass is 461 g/mol. The molecule has 0 radical (unpaired) electrons. The van der Waals surface area contributed by atoms with Crippen LogP contribution in [0.5, 0.6) is 5.75 Å². The van der Waals surface area contributed by atoms with Crippen molar-refractivity contribution in [2.45, 2.75) is 50.4 Å². The van der Waals surface area contributed by atoms with Gasteiger partial charge in [0.15, 0.2) is 0 Å². The Balaban J connectivity index is 1.23. The molecular weight excluding hydrogens is 430 g/mol. The van der Waals surface area contributed by atoms with E-state index in [1.807, 2.05) is 18.2 Å². The number of benzene rings is 3. The van der Waals surface area contributed by atoms with Gasteiger partial charge in [-0.25, -0.2) is 0 Å². The molecule has 3 aromatic rings. The molecule has 0 saturated carbocycles. The average molecular weight is 462 g/mol. The van der Waals surface area contributed by atoms with Crippen LogP contribution in [0.2, 0.25) is 5.02 Å². The van der Waals surface area contributed by atoms with E-state index in [0.717, 1.165) is 55.2 Å². The Bertz CT molecular complexity index is 1010. The van der Waals surface area contributed by atoms with Crippen LogP contribution in [0.4, 0.5) is 0 Å². The highest BCUT2D eigenvalue weighted by atomic mass is 35.5. The van der Waals surface area contributed by atoms with Gasteiger partial charge in [0.25, 0.3) is 0 Å². The lowest BCUT2D eigenvalue weighted by molar-refractivity contribution is -0.136. The molecule has 0 aromatic heterocycles. The van der Waals surface area contributed by atoms with Crippen LogP contribution in [0, 0.1) is 0 Å². The zero-order valence-electron chi connectivity index (χ0n) is 19.3. The maximum absolute atomic E-state index is 6.53. The summed E-state index contributed by atoms with van der Waals surface area (Å²) in [4.78, 5) is 2.59. The van der Waals surface area contributed by atoms with Crippen molar-refractivity contribution in [1.82, 2.24) is 4.90 Å². The number of piperidine rings is 1. The molecule has 0 aliphatic carbocycles. The fourth-order valence-electron chi connectivity index (χ4n) is 5.33. The summed E-state index contributed by atoms with van der Waals surface area (Å²) in [6.07, 6.45) is 3.09. The molecule has 0 bridgehead atoms. The van der Waals surface area contributed by atoms with Crippen LogP contribution in [0.25, 0.3) is 0 Å². The average Bonchev–Trinajstić information content (AvgIpc) is 2.98. The van der Waals surface area contributed by atoms with Gasteiger partial charge < -0.3 is 14.4 Å². The molecule has 33 heavy (non-hydrogen) atoms. The molecule has 3 aromatic carbocycles. The molecular formula is C29H32ClNO2. The van der Waals surface area contributed by atoms with Gasteiger partial charge in [0.2, 0.25) is 0 Å². The second-order valence-corrected chi connectivity index (χ2v) is 9.81. The standard InChI is InChI=1S/C29H32ClNO2/c1-22-29(32-21-25-20-26(30)12-13-28(25)33-22)15-18-31(19-16-29)17-14-27(23-8-4-2-5-9-23)24-10-6-3-7-11-24/h2-13,20,22,27H,14-19,21H2,1H3. The summed E-state index contributed by atoms with van der Waals surface area (Å²) in [5.41, 5.74) is 3.59. The Kier molecular flexibility index (Phi) is 6.73. The van der Waals surface area contributed by atoms with Crippen molar-refractivity contribution in [1.29, 1.82) is 0 Å². The predicted molar refractivity (Wildman–Crippen MR) is 134 cm³/mol. The normalized spacial score (nSPS) is 20.3. The molecule has 0 N–H and O–H groups in total. The van der Waals surface area contributed by atoms with Gasteiger partial charge in [-0.1, -0.05) is 72.3 Å². The first-order valence-corrected chi connectivity index (χ1v) is 12.4. The number of nitrogens with zero attached hydrogens (tertiary/aromatic N) is 1. The number of halogens is 1. The van der Waals surface area contributed by atoms with E-state index >= 15 is 0 Å². The van der Waals surface area contributed by atoms with Crippen molar-refractivity contribution >= 4 is 11.6 Å². The highest BCUT2D eigenvalue weighted by Gasteiger charge is 2.43. The summed E-state index contributed by atoms with van der Waals surface area (Å²) < 4.78 is 12.9. The molecule has 5 rings (SSSR count). The van der Waals surface area contributed by atoms with Gasteiger partial charge >= 0.3 is 0 Å². The number of rotatable bonds is 5. The molecule has 1 fully saturated rings. The van der Waals surface area contributed by atoms with Crippen molar-refractivity contribution in [3.05, 3.63) is 101 Å². The van der Waals surface area contributed by atoms with Gasteiger partial charge in [-0.3, -0.25) is 0 Å². The lowest BCUT2D eigenvalue weighted by atomic mass is 9.85. The number of likely N-dealkylation sites (tertiary alicyclic amines) is 1. The molecule has 1 spiro atoms. The van der Waals surface area contributed by atoms with Crippen molar-refractivity contribution in [2.75, 3.05) is 19.6 Å². The summed E-state index contributed by atoms with van der Waals surface area (Å²) in [6.45, 7) is 5.85. The molecule has 3 nitrogen and oxygen atoms in total. The van der Waals surface area contributed by atoms with E-state index in [9.17, 15) is 0 Å². The number of hydrogen-bond donors (Lipinski definition) is 0. The van der Waals surface area contributed by atoms with E-state index < -0.39 is 0 Å². The SMILES string of the molecule is CC1Oc2ccc(Cl)cc2COC12CCN(CCC(c1ccccc1)c1ccccc1)CC2. The highest BCUT2D eigenvalue weighted by molar-refractivity contribution is 6.30. The van der Waals surface area contributed by atoms with Gasteiger partial charge in [0.1, 0.15) is 17.5 Å². The first-order valence-electron chi connectivity index (χ1n) is 12.0. The third kappa shape index (κ3) is 4.96. The van der Waals surface area contributed by atoms with Crippen LogP contribution in [0.3, 0.4) is 0 Å². The van der Waals surface area contributed by atoms with E-state index in [2.05, 4.69) is 72.5 Å². The Hall–Kier alpha value is -2.33. The van der Waals surface area contributed by atoms with E-state index in [0.29, 0.717) is 12.5 Å². The summed E-state index contributed by atoms with van der Waals surface area (Å²) in [7, 11) is 0. The summed E-state index contributed by atoms with van der Waals surface area (Å²) in [5, 5.41) is 0.728. The third-order valence-electron chi connectivity index (χ3n) is 7.42. The first kappa shape index (κ1) is 22.5. The van der Waals surface area contributed by atoms with E-state index in [4.69, 9.17) is 21.1 Å². The third-order valence-corrected chi connectivity index (χ3v) is 7.66. The lowest BCUT2D eigenvalue weighted by Gasteiger charge is -2.44. The molecule has 1 atom stereocenters. The van der Waals surface area contributed by atoms with E-state index in [1.165, 1.54) is 11.1 Å². The second-order valence-electron chi connectivity index (χ2n) is 9.37. The predicted octanol–water partition coefficient (Wildman–Crippen LogP) is 6.69. The Morgan fingerprint density at radius 2 is 1.58 bits per heavy atom. The quantitative estimate of drug-likeness (QED) is 0.422. The molecule has 172 valence electrons. The number of hydrogen-bond acceptors (Lipinski definition) is 3. The molecule has 2 aliphatic heterocycles. The van der Waals surface area contributed by atoms with Crippen LogP contribution in [0.1, 0.15) is 48.8 Å². The topological polar surface area (TPSA) is 21.7 Å². The minimum Gasteiger partial charge on any atom is -0.487 e. The molecule has 1 unspecified atom stereocenters. The van der Waals surface area contributed by atoms with Gasteiger partial charge in [0.05, 0.1) is 6.61 Å². The van der Waals surface area contributed by atoms with Crippen molar-refractivity contribution in [3.8, 4) is 5.75 Å². The second kappa shape index (κ2) is 9.89. The Morgan fingerprint density at radius 3 is 2.21 bits per heavy atom. The van der Waals surface area contributed by atoms with Gasteiger partial charge in [-0.15, -0.1) is 0 Å².